The van der Waals surface area contributed by atoms with Crippen LogP contribution in [0, 0.1) is 0 Å². The lowest BCUT2D eigenvalue weighted by atomic mass is 10.0. The summed E-state index contributed by atoms with van der Waals surface area (Å²) < 4.78 is 32.9. The molecule has 0 saturated carbocycles. The molecular formula is C63H114NO8P. The second kappa shape index (κ2) is 58.7. The third kappa shape index (κ3) is 58.6. The highest BCUT2D eigenvalue weighted by atomic mass is 31.2. The summed E-state index contributed by atoms with van der Waals surface area (Å²) in [4.78, 5) is 35.1. The fraction of sp³-hybridized carbons (Fsp3) is 0.778. The molecule has 0 spiro atoms. The van der Waals surface area contributed by atoms with Crippen LogP contribution in [0.3, 0.4) is 0 Å². The lowest BCUT2D eigenvalue weighted by Crippen LogP contribution is -2.29. The number of rotatable bonds is 57. The number of phosphoric ester groups is 1. The van der Waals surface area contributed by atoms with Gasteiger partial charge in [0, 0.05) is 19.4 Å². The molecule has 424 valence electrons. The van der Waals surface area contributed by atoms with Crippen molar-refractivity contribution in [3.8, 4) is 0 Å². The maximum absolute atomic E-state index is 12.6. The third-order valence-corrected chi connectivity index (χ3v) is 14.1. The van der Waals surface area contributed by atoms with Crippen molar-refractivity contribution in [2.75, 3.05) is 26.4 Å². The molecule has 0 saturated heterocycles. The molecule has 0 aromatic rings. The Hall–Kier alpha value is -2.55. The molecule has 3 N–H and O–H groups in total. The molecule has 0 aromatic heterocycles. The Bertz CT molecular complexity index is 1420. The van der Waals surface area contributed by atoms with Crippen LogP contribution in [-0.2, 0) is 32.7 Å². The topological polar surface area (TPSA) is 134 Å². The first-order valence-corrected chi connectivity index (χ1v) is 31.9. The molecule has 0 heterocycles. The van der Waals surface area contributed by atoms with Gasteiger partial charge < -0.3 is 20.1 Å². The number of phosphoric acid groups is 1. The summed E-state index contributed by atoms with van der Waals surface area (Å²) in [6.45, 7) is 3.58. The summed E-state index contributed by atoms with van der Waals surface area (Å²) in [7, 11) is -4.40. The standard InChI is InChI=1S/C63H114NO8P/c1-3-5-7-9-11-13-15-17-19-21-22-23-24-25-26-27-28-29-30-31-32-33-34-35-36-37-38-40-41-43-45-47-49-51-53-55-62(65)69-59-61(60-71-73(67,68)70-58-57-64)72-63(66)56-54-52-50-48-46-44-42-39-20-18-16-14-12-10-8-6-4-2/h6,8,12,14,18,20-22,42,44,48,50,61H,3-5,7,9-11,13,15-17,19,23-41,43,45-47,49,51-60,64H2,1-2H3,(H,67,68)/b8-6-,14-12-,20-18-,22-21-,44-42-,50-48-. The van der Waals surface area contributed by atoms with E-state index in [1.807, 2.05) is 6.08 Å². The zero-order chi connectivity index (χ0) is 53.1. The van der Waals surface area contributed by atoms with E-state index in [-0.39, 0.29) is 32.6 Å². The molecule has 0 aliphatic rings. The van der Waals surface area contributed by atoms with Crippen LogP contribution in [0.4, 0.5) is 0 Å². The highest BCUT2D eigenvalue weighted by Gasteiger charge is 2.26. The van der Waals surface area contributed by atoms with Gasteiger partial charge in [0.25, 0.3) is 0 Å². The zero-order valence-electron chi connectivity index (χ0n) is 47.4. The predicted molar refractivity (Wildman–Crippen MR) is 312 cm³/mol. The van der Waals surface area contributed by atoms with E-state index in [0.29, 0.717) is 12.8 Å². The van der Waals surface area contributed by atoms with Crippen molar-refractivity contribution in [3.05, 3.63) is 72.9 Å². The van der Waals surface area contributed by atoms with Crippen molar-refractivity contribution in [1.82, 2.24) is 0 Å². The summed E-state index contributed by atoms with van der Waals surface area (Å²) in [5, 5.41) is 0. The van der Waals surface area contributed by atoms with Crippen molar-refractivity contribution in [1.29, 1.82) is 0 Å². The van der Waals surface area contributed by atoms with Crippen molar-refractivity contribution >= 4 is 19.8 Å². The van der Waals surface area contributed by atoms with E-state index < -0.39 is 32.5 Å². The number of ether oxygens (including phenoxy) is 2. The van der Waals surface area contributed by atoms with E-state index in [4.69, 9.17) is 24.3 Å². The first kappa shape index (κ1) is 70.5. The quantitative estimate of drug-likeness (QED) is 0.0264. The average Bonchev–Trinajstić information content (AvgIpc) is 3.38. The first-order valence-electron chi connectivity index (χ1n) is 30.4. The average molecular weight is 1040 g/mol. The van der Waals surface area contributed by atoms with Gasteiger partial charge in [-0.2, -0.15) is 0 Å². The Balaban J connectivity index is 3.86. The number of hydrogen-bond acceptors (Lipinski definition) is 8. The summed E-state index contributed by atoms with van der Waals surface area (Å²) in [5.74, 6) is -0.890. The number of carbonyl (C=O) groups excluding carboxylic acids is 2. The van der Waals surface area contributed by atoms with Gasteiger partial charge in [0.05, 0.1) is 13.2 Å². The van der Waals surface area contributed by atoms with Crippen LogP contribution in [0.25, 0.3) is 0 Å². The van der Waals surface area contributed by atoms with Gasteiger partial charge in [-0.25, -0.2) is 4.57 Å². The lowest BCUT2D eigenvalue weighted by Gasteiger charge is -2.19. The van der Waals surface area contributed by atoms with E-state index in [1.165, 1.54) is 193 Å². The number of allylic oxidation sites excluding steroid dienone is 12. The molecule has 0 aliphatic carbocycles. The highest BCUT2D eigenvalue weighted by molar-refractivity contribution is 7.47. The smallest absolute Gasteiger partial charge is 0.462 e. The minimum atomic E-state index is -4.40. The minimum Gasteiger partial charge on any atom is -0.462 e. The van der Waals surface area contributed by atoms with E-state index in [0.717, 1.165) is 51.4 Å². The minimum absolute atomic E-state index is 0.0425. The van der Waals surface area contributed by atoms with E-state index in [2.05, 4.69) is 80.7 Å². The Morgan fingerprint density at radius 1 is 0.425 bits per heavy atom. The van der Waals surface area contributed by atoms with Gasteiger partial charge in [-0.1, -0.05) is 267 Å². The van der Waals surface area contributed by atoms with Gasteiger partial charge in [-0.05, 0) is 77.0 Å². The monoisotopic (exact) mass is 1040 g/mol. The molecule has 0 rings (SSSR count). The van der Waals surface area contributed by atoms with E-state index in [1.54, 1.807) is 0 Å². The fourth-order valence-corrected chi connectivity index (χ4v) is 9.38. The Morgan fingerprint density at radius 2 is 0.767 bits per heavy atom. The van der Waals surface area contributed by atoms with Crippen LogP contribution in [0.15, 0.2) is 72.9 Å². The molecule has 2 atom stereocenters. The Labute approximate surface area is 450 Å². The number of unbranched alkanes of at least 4 members (excludes halogenated alkanes) is 32. The molecule has 73 heavy (non-hydrogen) atoms. The van der Waals surface area contributed by atoms with Crippen LogP contribution in [0.2, 0.25) is 0 Å². The molecule has 0 bridgehead atoms. The number of esters is 2. The van der Waals surface area contributed by atoms with Gasteiger partial charge in [0.1, 0.15) is 6.61 Å². The van der Waals surface area contributed by atoms with E-state index >= 15 is 0 Å². The van der Waals surface area contributed by atoms with Crippen molar-refractivity contribution in [2.24, 2.45) is 5.73 Å². The molecule has 10 heteroatoms. The molecule has 0 amide bonds. The number of carbonyl (C=O) groups is 2. The van der Waals surface area contributed by atoms with E-state index in [9.17, 15) is 19.0 Å². The molecule has 0 radical (unpaired) electrons. The number of hydrogen-bond donors (Lipinski definition) is 2. The molecule has 0 fully saturated rings. The van der Waals surface area contributed by atoms with Gasteiger partial charge in [0.2, 0.25) is 0 Å². The number of nitrogens with two attached hydrogens (primary N) is 1. The molecule has 9 nitrogen and oxygen atoms in total. The molecular weight excluding hydrogens is 930 g/mol. The van der Waals surface area contributed by atoms with Crippen LogP contribution < -0.4 is 5.73 Å². The van der Waals surface area contributed by atoms with Crippen molar-refractivity contribution in [3.63, 3.8) is 0 Å². The first-order chi connectivity index (χ1) is 35.8. The van der Waals surface area contributed by atoms with Gasteiger partial charge in [-0.15, -0.1) is 0 Å². The summed E-state index contributed by atoms with van der Waals surface area (Å²) in [5.41, 5.74) is 5.37. The Kier molecular flexibility index (Phi) is 56.7. The largest absolute Gasteiger partial charge is 0.472 e. The second-order valence-electron chi connectivity index (χ2n) is 20.2. The predicted octanol–water partition coefficient (Wildman–Crippen LogP) is 19.3. The zero-order valence-corrected chi connectivity index (χ0v) is 48.3. The normalized spacial score (nSPS) is 13.5. The van der Waals surface area contributed by atoms with Gasteiger partial charge >= 0.3 is 19.8 Å². The SMILES string of the molecule is CC/C=C\C/C=C\C/C=C\C/C=C\C/C=C\CCCC(=O)OC(COC(=O)CCCCCCCCCCCCCCCCCCCCCCCCC/C=C\CCCCCCCCCC)COP(=O)(O)OCCN. The molecule has 0 aromatic carbocycles. The van der Waals surface area contributed by atoms with Crippen LogP contribution in [0.1, 0.15) is 284 Å². The van der Waals surface area contributed by atoms with Crippen molar-refractivity contribution < 1.29 is 37.6 Å². The molecule has 0 aliphatic heterocycles. The maximum Gasteiger partial charge on any atom is 0.472 e. The highest BCUT2D eigenvalue weighted by Crippen LogP contribution is 2.43. The van der Waals surface area contributed by atoms with Crippen LogP contribution in [-0.4, -0.2) is 49.3 Å². The lowest BCUT2D eigenvalue weighted by molar-refractivity contribution is -0.161. The van der Waals surface area contributed by atoms with Crippen LogP contribution >= 0.6 is 7.82 Å². The summed E-state index contributed by atoms with van der Waals surface area (Å²) >= 11 is 0. The summed E-state index contributed by atoms with van der Waals surface area (Å²) in [6, 6.07) is 0. The van der Waals surface area contributed by atoms with Crippen molar-refractivity contribution in [2.45, 2.75) is 290 Å². The maximum atomic E-state index is 12.6. The second-order valence-corrected chi connectivity index (χ2v) is 21.6. The van der Waals surface area contributed by atoms with Crippen LogP contribution in [0.5, 0.6) is 0 Å². The van der Waals surface area contributed by atoms with Gasteiger partial charge in [-0.3, -0.25) is 18.6 Å². The third-order valence-electron chi connectivity index (χ3n) is 13.1. The van der Waals surface area contributed by atoms with Gasteiger partial charge in [0.15, 0.2) is 6.10 Å². The fourth-order valence-electron chi connectivity index (χ4n) is 8.61. The summed E-state index contributed by atoms with van der Waals surface area (Å²) in [6.07, 6.45) is 75.8. The Morgan fingerprint density at radius 3 is 1.18 bits per heavy atom. The molecule has 2 unspecified atom stereocenters.